The number of fused-ring (bicyclic) bond motifs is 1. The number of ether oxygens (including phenoxy) is 1. The van der Waals surface area contributed by atoms with Crippen LogP contribution >= 0.6 is 0 Å². The molecule has 8 heteroatoms. The fourth-order valence-electron chi connectivity index (χ4n) is 4.50. The van der Waals surface area contributed by atoms with Crippen LogP contribution in [0.15, 0.2) is 24.3 Å². The lowest BCUT2D eigenvalue weighted by Crippen LogP contribution is -2.36. The molecule has 170 valence electrons. The molecule has 32 heavy (non-hydrogen) atoms. The lowest BCUT2D eigenvalue weighted by Gasteiger charge is -2.30. The number of amides is 2. The first-order chi connectivity index (χ1) is 15.5. The summed E-state index contributed by atoms with van der Waals surface area (Å²) in [7, 11) is 1.83. The van der Waals surface area contributed by atoms with Crippen LogP contribution in [0.1, 0.15) is 54.9 Å². The van der Waals surface area contributed by atoms with Gasteiger partial charge in [-0.3, -0.25) is 9.59 Å². The number of hydrogen-bond acceptors (Lipinski definition) is 6. The van der Waals surface area contributed by atoms with Crippen LogP contribution in [0.5, 0.6) is 5.75 Å². The lowest BCUT2D eigenvalue weighted by molar-refractivity contribution is -0.133. The second-order valence-electron chi connectivity index (χ2n) is 8.41. The van der Waals surface area contributed by atoms with Crippen LogP contribution in [-0.2, 0) is 22.6 Å². The van der Waals surface area contributed by atoms with E-state index in [0.717, 1.165) is 41.2 Å². The average molecular weight is 438 g/mol. The summed E-state index contributed by atoms with van der Waals surface area (Å²) in [6.45, 7) is 5.82. The van der Waals surface area contributed by atoms with Crippen molar-refractivity contribution in [3.05, 3.63) is 46.9 Å². The summed E-state index contributed by atoms with van der Waals surface area (Å²) in [5, 5.41) is 3.17. The topological polar surface area (TPSA) is 87.7 Å². The summed E-state index contributed by atoms with van der Waals surface area (Å²) in [6, 6.07) is 7.70. The zero-order chi connectivity index (χ0) is 22.7. The first kappa shape index (κ1) is 22.0. The highest BCUT2D eigenvalue weighted by molar-refractivity contribution is 5.77. The first-order valence-electron chi connectivity index (χ1n) is 11.3. The standard InChI is InChI=1S/C24H31N5O3/c1-16-7-4-5-9-21(16)32-14-11-22(31)29-12-6-8-20(29)24-26-19-10-13-28(17(2)30)15-18(19)23(25-3)27-24/h4-5,7,9,20H,6,8,10-15H2,1-3H3,(H,25,26,27). The van der Waals surface area contributed by atoms with E-state index >= 15 is 0 Å². The Bertz CT molecular complexity index is 992. The van der Waals surface area contributed by atoms with Crippen molar-refractivity contribution in [2.45, 2.75) is 52.1 Å². The van der Waals surface area contributed by atoms with Gasteiger partial charge < -0.3 is 19.9 Å². The molecule has 1 N–H and O–H groups in total. The Kier molecular flexibility index (Phi) is 6.58. The molecule has 2 aliphatic heterocycles. The Morgan fingerprint density at radius 3 is 2.78 bits per heavy atom. The van der Waals surface area contributed by atoms with Gasteiger partial charge >= 0.3 is 0 Å². The third-order valence-electron chi connectivity index (χ3n) is 6.30. The molecule has 0 saturated carbocycles. The lowest BCUT2D eigenvalue weighted by atomic mass is 10.0. The zero-order valence-electron chi connectivity index (χ0n) is 19.1. The van der Waals surface area contributed by atoms with Gasteiger partial charge in [-0.2, -0.15) is 0 Å². The molecule has 1 saturated heterocycles. The molecule has 1 atom stereocenters. The van der Waals surface area contributed by atoms with Gasteiger partial charge in [0.2, 0.25) is 11.8 Å². The number of carbonyl (C=O) groups excluding carboxylic acids is 2. The number of para-hydroxylation sites is 1. The molecule has 0 aliphatic carbocycles. The van der Waals surface area contributed by atoms with Crippen LogP contribution in [0.3, 0.4) is 0 Å². The number of anilines is 1. The van der Waals surface area contributed by atoms with Crippen molar-refractivity contribution >= 4 is 17.6 Å². The van der Waals surface area contributed by atoms with Gasteiger partial charge in [0.05, 0.1) is 31.3 Å². The number of benzene rings is 1. The van der Waals surface area contributed by atoms with Crippen molar-refractivity contribution < 1.29 is 14.3 Å². The molecule has 3 heterocycles. The molecule has 2 amide bonds. The molecule has 1 aromatic carbocycles. The van der Waals surface area contributed by atoms with Crippen LogP contribution in [0, 0.1) is 6.92 Å². The van der Waals surface area contributed by atoms with Gasteiger partial charge in [0.25, 0.3) is 0 Å². The van der Waals surface area contributed by atoms with Gasteiger partial charge in [0.15, 0.2) is 5.82 Å². The van der Waals surface area contributed by atoms with E-state index in [2.05, 4.69) is 5.32 Å². The number of aryl methyl sites for hydroxylation is 1. The van der Waals surface area contributed by atoms with Gasteiger partial charge in [0.1, 0.15) is 11.6 Å². The minimum Gasteiger partial charge on any atom is -0.493 e. The third-order valence-corrected chi connectivity index (χ3v) is 6.30. The van der Waals surface area contributed by atoms with E-state index in [-0.39, 0.29) is 17.9 Å². The Balaban J connectivity index is 1.46. The smallest absolute Gasteiger partial charge is 0.226 e. The van der Waals surface area contributed by atoms with E-state index in [1.54, 1.807) is 6.92 Å². The van der Waals surface area contributed by atoms with Crippen LogP contribution in [0.4, 0.5) is 5.82 Å². The predicted octanol–water partition coefficient (Wildman–Crippen LogP) is 2.86. The fourth-order valence-corrected chi connectivity index (χ4v) is 4.50. The Labute approximate surface area is 189 Å². The monoisotopic (exact) mass is 437 g/mol. The maximum absolute atomic E-state index is 13.0. The van der Waals surface area contributed by atoms with Gasteiger partial charge in [-0.05, 0) is 31.4 Å². The fraction of sp³-hybridized carbons (Fsp3) is 0.500. The minimum absolute atomic E-state index is 0.0576. The maximum Gasteiger partial charge on any atom is 0.226 e. The number of rotatable bonds is 6. The number of nitrogens with zero attached hydrogens (tertiary/aromatic N) is 4. The van der Waals surface area contributed by atoms with E-state index in [0.29, 0.717) is 44.9 Å². The molecular weight excluding hydrogens is 406 g/mol. The maximum atomic E-state index is 13.0. The number of likely N-dealkylation sites (tertiary alicyclic amines) is 1. The third kappa shape index (κ3) is 4.54. The van der Waals surface area contributed by atoms with Crippen LogP contribution in [-0.4, -0.2) is 58.3 Å². The molecule has 0 bridgehead atoms. The summed E-state index contributed by atoms with van der Waals surface area (Å²) < 4.78 is 5.83. The summed E-state index contributed by atoms with van der Waals surface area (Å²) >= 11 is 0. The van der Waals surface area contributed by atoms with E-state index in [1.165, 1.54) is 0 Å². The molecule has 1 fully saturated rings. The molecule has 8 nitrogen and oxygen atoms in total. The molecular formula is C24H31N5O3. The molecule has 2 aromatic rings. The number of carbonyl (C=O) groups is 2. The highest BCUT2D eigenvalue weighted by Gasteiger charge is 2.33. The van der Waals surface area contributed by atoms with Crippen LogP contribution in [0.25, 0.3) is 0 Å². The largest absolute Gasteiger partial charge is 0.493 e. The molecule has 2 aliphatic rings. The summed E-state index contributed by atoms with van der Waals surface area (Å²) in [6.07, 6.45) is 2.81. The van der Waals surface area contributed by atoms with Crippen molar-refractivity contribution in [2.75, 3.05) is 32.1 Å². The van der Waals surface area contributed by atoms with Crippen molar-refractivity contribution in [2.24, 2.45) is 0 Å². The number of nitrogens with one attached hydrogen (secondary N) is 1. The number of aromatic nitrogens is 2. The van der Waals surface area contributed by atoms with E-state index in [9.17, 15) is 9.59 Å². The normalized spacial score (nSPS) is 17.8. The molecule has 1 aromatic heterocycles. The van der Waals surface area contributed by atoms with E-state index in [1.807, 2.05) is 48.0 Å². The van der Waals surface area contributed by atoms with Gasteiger partial charge in [-0.25, -0.2) is 9.97 Å². The van der Waals surface area contributed by atoms with Crippen LogP contribution in [0.2, 0.25) is 0 Å². The highest BCUT2D eigenvalue weighted by atomic mass is 16.5. The molecule has 0 spiro atoms. The van der Waals surface area contributed by atoms with Crippen molar-refractivity contribution in [3.63, 3.8) is 0 Å². The highest BCUT2D eigenvalue weighted by Crippen LogP contribution is 2.33. The van der Waals surface area contributed by atoms with Gasteiger partial charge in [-0.15, -0.1) is 0 Å². The van der Waals surface area contributed by atoms with Crippen LogP contribution < -0.4 is 10.1 Å². The minimum atomic E-state index is -0.121. The number of hydrogen-bond donors (Lipinski definition) is 1. The summed E-state index contributed by atoms with van der Waals surface area (Å²) in [5.74, 6) is 2.38. The predicted molar refractivity (Wildman–Crippen MR) is 121 cm³/mol. The molecule has 0 radical (unpaired) electrons. The molecule has 1 unspecified atom stereocenters. The van der Waals surface area contributed by atoms with Gasteiger partial charge in [-0.1, -0.05) is 18.2 Å². The SMILES string of the molecule is CNc1nc(C2CCCN2C(=O)CCOc2ccccc2C)nc2c1CN(C(C)=O)CC2. The quantitative estimate of drug-likeness (QED) is 0.748. The van der Waals surface area contributed by atoms with Crippen molar-refractivity contribution in [1.82, 2.24) is 19.8 Å². The second-order valence-corrected chi connectivity index (χ2v) is 8.41. The zero-order valence-corrected chi connectivity index (χ0v) is 19.1. The van der Waals surface area contributed by atoms with E-state index in [4.69, 9.17) is 14.7 Å². The van der Waals surface area contributed by atoms with Crippen molar-refractivity contribution in [3.8, 4) is 5.75 Å². The Morgan fingerprint density at radius 1 is 1.22 bits per heavy atom. The Hall–Kier alpha value is -3.16. The molecule has 4 rings (SSSR count). The Morgan fingerprint density at radius 2 is 2.03 bits per heavy atom. The second kappa shape index (κ2) is 9.54. The average Bonchev–Trinajstić information content (AvgIpc) is 3.29. The van der Waals surface area contributed by atoms with Gasteiger partial charge in [0, 0.05) is 39.0 Å². The first-order valence-corrected chi connectivity index (χ1v) is 11.3. The summed E-state index contributed by atoms with van der Waals surface area (Å²) in [4.78, 5) is 38.1. The van der Waals surface area contributed by atoms with E-state index < -0.39 is 0 Å². The van der Waals surface area contributed by atoms with Crippen molar-refractivity contribution in [1.29, 1.82) is 0 Å². The summed E-state index contributed by atoms with van der Waals surface area (Å²) in [5.41, 5.74) is 3.00.